The Bertz CT molecular complexity index is 314. The lowest BCUT2D eigenvalue weighted by atomic mass is 10.00. The molecule has 118 valence electrons. The predicted octanol–water partition coefficient (Wildman–Crippen LogP) is -2.66. The molecule has 0 amide bonds. The van der Waals surface area contributed by atoms with Gasteiger partial charge in [0.25, 0.3) is 0 Å². The fraction of sp³-hybridized carbons (Fsp3) is 1.00. The van der Waals surface area contributed by atoms with Crippen LogP contribution in [0.1, 0.15) is 13.3 Å². The minimum absolute atomic E-state index is 0.0149. The monoisotopic (exact) mass is 294 g/mol. The largest absolute Gasteiger partial charge is 0.390 e. The molecular weight excluding hydrogens is 272 g/mol. The van der Waals surface area contributed by atoms with E-state index >= 15 is 0 Å². The van der Waals surface area contributed by atoms with Gasteiger partial charge in [-0.05, 0) is 6.92 Å². The Morgan fingerprint density at radius 3 is 2.35 bits per heavy atom. The van der Waals surface area contributed by atoms with Gasteiger partial charge in [0, 0.05) is 6.42 Å². The first-order chi connectivity index (χ1) is 9.40. The fourth-order valence-electron chi connectivity index (χ4n) is 2.31. The summed E-state index contributed by atoms with van der Waals surface area (Å²) in [5.41, 5.74) is 0. The Morgan fingerprint density at radius 2 is 1.70 bits per heavy atom. The molecule has 0 aromatic rings. The lowest BCUT2D eigenvalue weighted by Gasteiger charge is -2.39. The molecule has 2 aliphatic rings. The minimum Gasteiger partial charge on any atom is -0.390 e. The number of ether oxygens (including phenoxy) is 3. The van der Waals surface area contributed by atoms with Crippen LogP contribution in [0, 0.1) is 0 Å². The maximum absolute atomic E-state index is 9.76. The van der Waals surface area contributed by atoms with E-state index in [1.807, 2.05) is 0 Å². The first-order valence-electron chi connectivity index (χ1n) is 6.69. The molecule has 2 rings (SSSR count). The zero-order valence-electron chi connectivity index (χ0n) is 11.2. The van der Waals surface area contributed by atoms with Gasteiger partial charge in [-0.15, -0.1) is 0 Å². The van der Waals surface area contributed by atoms with Gasteiger partial charge >= 0.3 is 0 Å². The standard InChI is InChI=1S/C12H22O8/c1-5-9(15)10(16)11(17)12(20-5)19-3-6-2-7(13)8(14)4-18-6/h5-17H,2-4H2,1H3. The van der Waals surface area contributed by atoms with Crippen molar-refractivity contribution in [3.8, 4) is 0 Å². The van der Waals surface area contributed by atoms with Gasteiger partial charge in [0.15, 0.2) is 6.29 Å². The van der Waals surface area contributed by atoms with Gasteiger partial charge in [0.2, 0.25) is 0 Å². The minimum atomic E-state index is -1.36. The summed E-state index contributed by atoms with van der Waals surface area (Å²) >= 11 is 0. The van der Waals surface area contributed by atoms with Crippen LogP contribution < -0.4 is 0 Å². The Hall–Kier alpha value is -0.320. The molecule has 2 saturated heterocycles. The molecular formula is C12H22O8. The molecule has 0 bridgehead atoms. The average molecular weight is 294 g/mol. The second kappa shape index (κ2) is 6.63. The second-order valence-corrected chi connectivity index (χ2v) is 5.34. The summed E-state index contributed by atoms with van der Waals surface area (Å²) in [5, 5.41) is 47.8. The third-order valence-corrected chi connectivity index (χ3v) is 3.71. The van der Waals surface area contributed by atoms with E-state index in [4.69, 9.17) is 14.2 Å². The van der Waals surface area contributed by atoms with E-state index in [0.717, 1.165) is 0 Å². The van der Waals surface area contributed by atoms with Gasteiger partial charge in [-0.3, -0.25) is 0 Å². The Balaban J connectivity index is 1.81. The number of aliphatic hydroxyl groups excluding tert-OH is 5. The molecule has 8 heteroatoms. The molecule has 0 aliphatic carbocycles. The van der Waals surface area contributed by atoms with E-state index in [-0.39, 0.29) is 19.6 Å². The summed E-state index contributed by atoms with van der Waals surface area (Å²) in [6, 6.07) is 0. The molecule has 5 N–H and O–H groups in total. The van der Waals surface area contributed by atoms with E-state index in [2.05, 4.69) is 0 Å². The Morgan fingerprint density at radius 1 is 1.00 bits per heavy atom. The van der Waals surface area contributed by atoms with Gasteiger partial charge < -0.3 is 39.7 Å². The quantitative estimate of drug-likeness (QED) is 0.381. The molecule has 8 atom stereocenters. The number of aliphatic hydroxyl groups is 5. The third kappa shape index (κ3) is 3.46. The molecule has 2 heterocycles. The number of rotatable bonds is 3. The van der Waals surface area contributed by atoms with Crippen molar-refractivity contribution in [2.45, 2.75) is 62.4 Å². The highest BCUT2D eigenvalue weighted by molar-refractivity contribution is 4.87. The molecule has 8 nitrogen and oxygen atoms in total. The van der Waals surface area contributed by atoms with Crippen LogP contribution in [0.2, 0.25) is 0 Å². The SMILES string of the molecule is CC1OC(OCC2CC(O)C(O)CO2)C(O)C(O)C1O. The van der Waals surface area contributed by atoms with E-state index in [9.17, 15) is 25.5 Å². The molecule has 0 saturated carbocycles. The lowest BCUT2D eigenvalue weighted by Crippen LogP contribution is -2.57. The van der Waals surface area contributed by atoms with Gasteiger partial charge in [-0.25, -0.2) is 0 Å². The van der Waals surface area contributed by atoms with Crippen LogP contribution in [0.4, 0.5) is 0 Å². The summed E-state index contributed by atoms with van der Waals surface area (Å²) in [6.45, 7) is 1.62. The van der Waals surface area contributed by atoms with Crippen molar-refractivity contribution in [3.63, 3.8) is 0 Å². The first kappa shape index (κ1) is 16.1. The van der Waals surface area contributed by atoms with Gasteiger partial charge in [0.1, 0.15) is 24.4 Å². The van der Waals surface area contributed by atoms with Gasteiger partial charge in [-0.1, -0.05) is 0 Å². The summed E-state index contributed by atoms with van der Waals surface area (Å²) in [7, 11) is 0. The zero-order valence-corrected chi connectivity index (χ0v) is 11.2. The second-order valence-electron chi connectivity index (χ2n) is 5.34. The first-order valence-corrected chi connectivity index (χ1v) is 6.69. The molecule has 2 aliphatic heterocycles. The molecule has 0 aromatic carbocycles. The van der Waals surface area contributed by atoms with Crippen molar-refractivity contribution in [3.05, 3.63) is 0 Å². The van der Waals surface area contributed by atoms with Crippen LogP contribution >= 0.6 is 0 Å². The summed E-state index contributed by atoms with van der Waals surface area (Å²) < 4.78 is 15.9. The summed E-state index contributed by atoms with van der Waals surface area (Å²) in [6.07, 6.45) is -7.61. The highest BCUT2D eigenvalue weighted by Crippen LogP contribution is 2.23. The van der Waals surface area contributed by atoms with E-state index in [0.29, 0.717) is 0 Å². The van der Waals surface area contributed by atoms with E-state index < -0.39 is 49.0 Å². The summed E-state index contributed by atoms with van der Waals surface area (Å²) in [5.74, 6) is 0. The van der Waals surface area contributed by atoms with Crippen LogP contribution in [-0.4, -0.2) is 87.8 Å². The van der Waals surface area contributed by atoms with Crippen molar-refractivity contribution >= 4 is 0 Å². The maximum atomic E-state index is 9.76. The lowest BCUT2D eigenvalue weighted by molar-refractivity contribution is -0.300. The number of hydrogen-bond donors (Lipinski definition) is 5. The van der Waals surface area contributed by atoms with Crippen molar-refractivity contribution in [2.24, 2.45) is 0 Å². The van der Waals surface area contributed by atoms with Crippen LogP contribution in [0.5, 0.6) is 0 Å². The van der Waals surface area contributed by atoms with Gasteiger partial charge in [-0.2, -0.15) is 0 Å². The smallest absolute Gasteiger partial charge is 0.186 e. The van der Waals surface area contributed by atoms with Gasteiger partial charge in [0.05, 0.1) is 31.5 Å². The molecule has 20 heavy (non-hydrogen) atoms. The maximum Gasteiger partial charge on any atom is 0.186 e. The highest BCUT2D eigenvalue weighted by atomic mass is 16.7. The molecule has 0 aromatic heterocycles. The molecule has 0 spiro atoms. The Kier molecular flexibility index (Phi) is 5.32. The van der Waals surface area contributed by atoms with Crippen LogP contribution in [0.15, 0.2) is 0 Å². The third-order valence-electron chi connectivity index (χ3n) is 3.71. The average Bonchev–Trinajstić information content (AvgIpc) is 2.42. The van der Waals surface area contributed by atoms with Crippen LogP contribution in [0.3, 0.4) is 0 Å². The molecule has 0 radical (unpaired) electrons. The van der Waals surface area contributed by atoms with Crippen molar-refractivity contribution in [1.82, 2.24) is 0 Å². The van der Waals surface area contributed by atoms with Crippen LogP contribution in [-0.2, 0) is 14.2 Å². The van der Waals surface area contributed by atoms with E-state index in [1.54, 1.807) is 6.92 Å². The van der Waals surface area contributed by atoms with Crippen molar-refractivity contribution < 1.29 is 39.7 Å². The van der Waals surface area contributed by atoms with Crippen molar-refractivity contribution in [2.75, 3.05) is 13.2 Å². The van der Waals surface area contributed by atoms with E-state index in [1.165, 1.54) is 0 Å². The fourth-order valence-corrected chi connectivity index (χ4v) is 2.31. The summed E-state index contributed by atoms with van der Waals surface area (Å²) in [4.78, 5) is 0. The predicted molar refractivity (Wildman–Crippen MR) is 64.7 cm³/mol. The molecule has 8 unspecified atom stereocenters. The Labute approximate surface area is 116 Å². The number of hydrogen-bond acceptors (Lipinski definition) is 8. The topological polar surface area (TPSA) is 129 Å². The molecule has 2 fully saturated rings. The van der Waals surface area contributed by atoms with Crippen LogP contribution in [0.25, 0.3) is 0 Å². The van der Waals surface area contributed by atoms with Crippen molar-refractivity contribution in [1.29, 1.82) is 0 Å². The zero-order chi connectivity index (χ0) is 14.9. The normalized spacial score (nSPS) is 50.1. The highest BCUT2D eigenvalue weighted by Gasteiger charge is 2.42.